The summed E-state index contributed by atoms with van der Waals surface area (Å²) in [5.74, 6) is -3.68. The monoisotopic (exact) mass is 362 g/mol. The number of aromatic carboxylic acids is 1. The van der Waals surface area contributed by atoms with Gasteiger partial charge in [-0.2, -0.15) is 0 Å². The van der Waals surface area contributed by atoms with E-state index in [0.29, 0.717) is 5.56 Å². The van der Waals surface area contributed by atoms with E-state index in [4.69, 9.17) is 5.11 Å². The molecule has 0 radical (unpaired) electrons. The number of amides is 2. The van der Waals surface area contributed by atoms with Crippen LogP contribution in [-0.4, -0.2) is 34.3 Å². The van der Waals surface area contributed by atoms with Gasteiger partial charge in [-0.15, -0.1) is 0 Å². The van der Waals surface area contributed by atoms with E-state index >= 15 is 0 Å². The van der Waals surface area contributed by atoms with Crippen molar-refractivity contribution in [2.75, 3.05) is 11.9 Å². The van der Waals surface area contributed by atoms with E-state index in [2.05, 4.69) is 5.32 Å². The summed E-state index contributed by atoms with van der Waals surface area (Å²) in [6.07, 6.45) is 0. The van der Waals surface area contributed by atoms with Gasteiger partial charge >= 0.3 is 5.97 Å². The number of hydrogen-bond donors (Lipinski definition) is 2. The number of nitrogens with zero attached hydrogens (tertiary/aromatic N) is 1. The quantitative estimate of drug-likeness (QED) is 0.827. The van der Waals surface area contributed by atoms with E-state index in [9.17, 15) is 23.2 Å². The highest BCUT2D eigenvalue weighted by molar-refractivity contribution is 5.96. The summed E-state index contributed by atoms with van der Waals surface area (Å²) in [6.45, 7) is 0.846. The Hall–Kier alpha value is -3.29. The van der Waals surface area contributed by atoms with Gasteiger partial charge in [0.25, 0.3) is 0 Å². The molecule has 2 rings (SSSR count). The van der Waals surface area contributed by atoms with Crippen molar-refractivity contribution in [1.29, 1.82) is 0 Å². The summed E-state index contributed by atoms with van der Waals surface area (Å²) in [6, 6.07) is 8.56. The maximum Gasteiger partial charge on any atom is 0.335 e. The molecule has 0 heterocycles. The molecule has 0 fully saturated rings. The molecule has 0 spiro atoms. The number of carboxylic acid groups (broad SMARTS) is 1. The Balaban J connectivity index is 2.09. The summed E-state index contributed by atoms with van der Waals surface area (Å²) >= 11 is 0. The zero-order chi connectivity index (χ0) is 19.3. The van der Waals surface area contributed by atoms with Crippen LogP contribution in [0, 0.1) is 11.6 Å². The van der Waals surface area contributed by atoms with Gasteiger partial charge in [0.1, 0.15) is 18.2 Å². The lowest BCUT2D eigenvalue weighted by atomic mass is 10.2. The maximum atomic E-state index is 13.8. The summed E-state index contributed by atoms with van der Waals surface area (Å²) < 4.78 is 27.0. The Morgan fingerprint density at radius 1 is 1.12 bits per heavy atom. The molecule has 2 aromatic carbocycles. The Labute approximate surface area is 148 Å². The molecular formula is C18H16F2N2O4. The van der Waals surface area contributed by atoms with Gasteiger partial charge in [0.2, 0.25) is 11.8 Å². The van der Waals surface area contributed by atoms with Gasteiger partial charge in [0.15, 0.2) is 0 Å². The number of anilines is 1. The minimum Gasteiger partial charge on any atom is -0.478 e. The zero-order valence-corrected chi connectivity index (χ0v) is 13.8. The first-order valence-corrected chi connectivity index (χ1v) is 7.59. The van der Waals surface area contributed by atoms with E-state index < -0.39 is 36.0 Å². The first kappa shape index (κ1) is 19.0. The summed E-state index contributed by atoms with van der Waals surface area (Å²) in [5.41, 5.74) is 0.00102. The van der Waals surface area contributed by atoms with Gasteiger partial charge in [-0.3, -0.25) is 9.59 Å². The third kappa shape index (κ3) is 5.10. The van der Waals surface area contributed by atoms with Gasteiger partial charge in [0.05, 0.1) is 11.3 Å². The summed E-state index contributed by atoms with van der Waals surface area (Å²) in [7, 11) is 0. The van der Waals surface area contributed by atoms with Crippen LogP contribution < -0.4 is 5.32 Å². The molecule has 0 aliphatic rings. The fourth-order valence-electron chi connectivity index (χ4n) is 2.25. The van der Waals surface area contributed by atoms with E-state index in [1.54, 1.807) is 6.07 Å². The Morgan fingerprint density at radius 3 is 2.46 bits per heavy atom. The van der Waals surface area contributed by atoms with E-state index in [1.807, 2.05) is 0 Å². The number of hydrogen-bond acceptors (Lipinski definition) is 3. The number of nitrogens with one attached hydrogen (secondary N) is 1. The van der Waals surface area contributed by atoms with E-state index in [0.717, 1.165) is 23.1 Å². The van der Waals surface area contributed by atoms with Crippen molar-refractivity contribution in [2.45, 2.75) is 13.5 Å². The van der Waals surface area contributed by atoms with Gasteiger partial charge in [-0.05, 0) is 35.9 Å². The van der Waals surface area contributed by atoms with Crippen LogP contribution in [0.2, 0.25) is 0 Å². The lowest BCUT2D eigenvalue weighted by Gasteiger charge is -2.21. The number of benzene rings is 2. The highest BCUT2D eigenvalue weighted by atomic mass is 19.1. The molecule has 2 amide bonds. The lowest BCUT2D eigenvalue weighted by molar-refractivity contribution is -0.133. The number of halogens is 2. The molecule has 8 heteroatoms. The molecule has 6 nitrogen and oxygen atoms in total. The van der Waals surface area contributed by atoms with Crippen molar-refractivity contribution in [3.63, 3.8) is 0 Å². The summed E-state index contributed by atoms with van der Waals surface area (Å²) in [4.78, 5) is 35.9. The highest BCUT2D eigenvalue weighted by Gasteiger charge is 2.17. The molecule has 0 saturated carbocycles. The van der Waals surface area contributed by atoms with Crippen molar-refractivity contribution in [3.05, 3.63) is 65.2 Å². The normalized spacial score (nSPS) is 10.3. The average molecular weight is 362 g/mol. The molecule has 2 N–H and O–H groups in total. The van der Waals surface area contributed by atoms with Crippen LogP contribution in [0.1, 0.15) is 22.8 Å². The Bertz CT molecular complexity index is 855. The largest absolute Gasteiger partial charge is 0.478 e. The van der Waals surface area contributed by atoms with Crippen molar-refractivity contribution >= 4 is 23.5 Å². The third-order valence-electron chi connectivity index (χ3n) is 3.53. The predicted octanol–water partition coefficient (Wildman–Crippen LogP) is 2.65. The zero-order valence-electron chi connectivity index (χ0n) is 13.8. The first-order valence-electron chi connectivity index (χ1n) is 7.59. The third-order valence-corrected chi connectivity index (χ3v) is 3.53. The van der Waals surface area contributed by atoms with Crippen molar-refractivity contribution in [2.24, 2.45) is 0 Å². The number of carbonyl (C=O) groups excluding carboxylic acids is 2. The molecule has 2 aromatic rings. The SMILES string of the molecule is CC(=O)N(CC(=O)Nc1cc(C(=O)O)ccc1F)Cc1cccc(F)c1. The standard InChI is InChI=1S/C18H16F2N2O4/c1-11(23)22(9-12-3-2-4-14(19)7-12)10-17(24)21-16-8-13(18(25)26)5-6-15(16)20/h2-8H,9-10H2,1H3,(H,21,24)(H,25,26). The predicted molar refractivity (Wildman–Crippen MR) is 89.5 cm³/mol. The van der Waals surface area contributed by atoms with Gasteiger partial charge in [0, 0.05) is 13.5 Å². The fourth-order valence-corrected chi connectivity index (χ4v) is 2.25. The van der Waals surface area contributed by atoms with Crippen LogP contribution in [0.4, 0.5) is 14.5 Å². The Morgan fingerprint density at radius 2 is 1.85 bits per heavy atom. The first-order chi connectivity index (χ1) is 12.3. The molecule has 0 bridgehead atoms. The number of carbonyl (C=O) groups is 3. The van der Waals surface area contributed by atoms with Crippen LogP contribution in [0.3, 0.4) is 0 Å². The van der Waals surface area contributed by atoms with Crippen LogP contribution >= 0.6 is 0 Å². The molecule has 26 heavy (non-hydrogen) atoms. The van der Waals surface area contributed by atoms with Crippen molar-refractivity contribution < 1.29 is 28.3 Å². The van der Waals surface area contributed by atoms with Crippen LogP contribution in [0.15, 0.2) is 42.5 Å². The van der Waals surface area contributed by atoms with Crippen LogP contribution in [0.5, 0.6) is 0 Å². The molecule has 0 aliphatic carbocycles. The van der Waals surface area contributed by atoms with E-state index in [-0.39, 0.29) is 17.8 Å². The molecule has 0 aliphatic heterocycles. The smallest absolute Gasteiger partial charge is 0.335 e. The molecule has 0 unspecified atom stereocenters. The lowest BCUT2D eigenvalue weighted by Crippen LogP contribution is -2.36. The average Bonchev–Trinajstić information content (AvgIpc) is 2.56. The number of rotatable bonds is 6. The minimum atomic E-state index is -1.27. The summed E-state index contributed by atoms with van der Waals surface area (Å²) in [5, 5.41) is 11.2. The second-order valence-electron chi connectivity index (χ2n) is 5.55. The molecular weight excluding hydrogens is 346 g/mol. The van der Waals surface area contributed by atoms with Crippen LogP contribution in [-0.2, 0) is 16.1 Å². The number of carboxylic acids is 1. The van der Waals surface area contributed by atoms with Crippen molar-refractivity contribution in [3.8, 4) is 0 Å². The van der Waals surface area contributed by atoms with Crippen molar-refractivity contribution in [1.82, 2.24) is 4.90 Å². The molecule has 0 aromatic heterocycles. The Kier molecular flexibility index (Phi) is 6.00. The van der Waals surface area contributed by atoms with Gasteiger partial charge in [-0.1, -0.05) is 12.1 Å². The minimum absolute atomic E-state index is 0.00182. The fraction of sp³-hybridized carbons (Fsp3) is 0.167. The second-order valence-corrected chi connectivity index (χ2v) is 5.55. The highest BCUT2D eigenvalue weighted by Crippen LogP contribution is 2.16. The topological polar surface area (TPSA) is 86.7 Å². The van der Waals surface area contributed by atoms with Crippen LogP contribution in [0.25, 0.3) is 0 Å². The van der Waals surface area contributed by atoms with E-state index in [1.165, 1.54) is 25.1 Å². The second kappa shape index (κ2) is 8.19. The maximum absolute atomic E-state index is 13.8. The van der Waals surface area contributed by atoms with Gasteiger partial charge in [-0.25, -0.2) is 13.6 Å². The molecule has 136 valence electrons. The van der Waals surface area contributed by atoms with Gasteiger partial charge < -0.3 is 15.3 Å². The molecule has 0 saturated heterocycles. The molecule has 0 atom stereocenters.